The van der Waals surface area contributed by atoms with Gasteiger partial charge in [0.1, 0.15) is 0 Å². The molecule has 94 valence electrons. The SMILES string of the molecule is CCCNC(=S)NCCSCc1ccccn1. The van der Waals surface area contributed by atoms with E-state index in [0.717, 1.165) is 41.8 Å². The van der Waals surface area contributed by atoms with Crippen molar-refractivity contribution in [3.05, 3.63) is 30.1 Å². The molecule has 17 heavy (non-hydrogen) atoms. The Bertz CT molecular complexity index is 317. The summed E-state index contributed by atoms with van der Waals surface area (Å²) in [7, 11) is 0. The molecule has 0 atom stereocenters. The standard InChI is InChI=1S/C12H19N3S2/c1-2-6-14-12(16)15-8-9-17-10-11-5-3-4-7-13-11/h3-5,7H,2,6,8-10H2,1H3,(H2,14,15,16). The van der Waals surface area contributed by atoms with Gasteiger partial charge >= 0.3 is 0 Å². The Hall–Kier alpha value is -0.810. The molecule has 3 nitrogen and oxygen atoms in total. The van der Waals surface area contributed by atoms with Crippen molar-refractivity contribution in [3.63, 3.8) is 0 Å². The smallest absolute Gasteiger partial charge is 0.166 e. The molecule has 0 amide bonds. The van der Waals surface area contributed by atoms with E-state index >= 15 is 0 Å². The highest BCUT2D eigenvalue weighted by atomic mass is 32.2. The van der Waals surface area contributed by atoms with Crippen molar-refractivity contribution in [1.29, 1.82) is 0 Å². The number of thiocarbonyl (C=S) groups is 1. The molecule has 0 aliphatic rings. The maximum Gasteiger partial charge on any atom is 0.166 e. The van der Waals surface area contributed by atoms with Crippen molar-refractivity contribution in [3.8, 4) is 0 Å². The lowest BCUT2D eigenvalue weighted by molar-refractivity contribution is 0.812. The van der Waals surface area contributed by atoms with E-state index in [2.05, 4.69) is 22.5 Å². The molecule has 1 aromatic heterocycles. The van der Waals surface area contributed by atoms with Crippen LogP contribution in [0.1, 0.15) is 19.0 Å². The summed E-state index contributed by atoms with van der Waals surface area (Å²) in [5, 5.41) is 7.08. The lowest BCUT2D eigenvalue weighted by Crippen LogP contribution is -2.36. The quantitative estimate of drug-likeness (QED) is 0.586. The van der Waals surface area contributed by atoms with Crippen LogP contribution in [0, 0.1) is 0 Å². The van der Waals surface area contributed by atoms with Crippen LogP contribution >= 0.6 is 24.0 Å². The van der Waals surface area contributed by atoms with E-state index in [0.29, 0.717) is 0 Å². The molecule has 0 radical (unpaired) electrons. The molecule has 1 rings (SSSR count). The predicted molar refractivity (Wildman–Crippen MR) is 79.3 cm³/mol. The highest BCUT2D eigenvalue weighted by Crippen LogP contribution is 2.07. The molecule has 2 N–H and O–H groups in total. The number of aromatic nitrogens is 1. The Kier molecular flexibility index (Phi) is 7.75. The van der Waals surface area contributed by atoms with E-state index in [1.54, 1.807) is 0 Å². The van der Waals surface area contributed by atoms with Gasteiger partial charge in [-0.25, -0.2) is 0 Å². The minimum atomic E-state index is 0.755. The van der Waals surface area contributed by atoms with Crippen LogP contribution in [-0.4, -0.2) is 28.9 Å². The number of rotatable bonds is 7. The van der Waals surface area contributed by atoms with Gasteiger partial charge in [0.05, 0.1) is 5.69 Å². The molecule has 0 bridgehead atoms. The summed E-state index contributed by atoms with van der Waals surface area (Å²) in [4.78, 5) is 4.27. The molecule has 0 aliphatic heterocycles. The molecule has 1 heterocycles. The van der Waals surface area contributed by atoms with E-state index in [-0.39, 0.29) is 0 Å². The summed E-state index contributed by atoms with van der Waals surface area (Å²) in [5.74, 6) is 1.99. The fourth-order valence-electron chi connectivity index (χ4n) is 1.20. The third-order valence-corrected chi connectivity index (χ3v) is 3.32. The van der Waals surface area contributed by atoms with Gasteiger partial charge in [-0.15, -0.1) is 0 Å². The van der Waals surface area contributed by atoms with E-state index < -0.39 is 0 Å². The van der Waals surface area contributed by atoms with Crippen LogP contribution in [0.4, 0.5) is 0 Å². The largest absolute Gasteiger partial charge is 0.363 e. The Labute approximate surface area is 113 Å². The van der Waals surface area contributed by atoms with Crippen LogP contribution in [0.15, 0.2) is 24.4 Å². The molecular formula is C12H19N3S2. The van der Waals surface area contributed by atoms with Gasteiger partial charge in [0, 0.05) is 30.8 Å². The summed E-state index contributed by atoms with van der Waals surface area (Å²) in [6.45, 7) is 3.96. The molecule has 0 aliphatic carbocycles. The van der Waals surface area contributed by atoms with Gasteiger partial charge in [-0.1, -0.05) is 13.0 Å². The second-order valence-electron chi connectivity index (χ2n) is 3.56. The third-order valence-electron chi connectivity index (χ3n) is 2.04. The average Bonchev–Trinajstić information content (AvgIpc) is 2.37. The average molecular weight is 269 g/mol. The van der Waals surface area contributed by atoms with Gasteiger partial charge in [-0.05, 0) is 30.8 Å². The van der Waals surface area contributed by atoms with E-state index in [4.69, 9.17) is 12.2 Å². The number of hydrogen-bond donors (Lipinski definition) is 2. The highest BCUT2D eigenvalue weighted by Gasteiger charge is 1.95. The Morgan fingerprint density at radius 1 is 1.35 bits per heavy atom. The van der Waals surface area contributed by atoms with Crippen molar-refractivity contribution < 1.29 is 0 Å². The van der Waals surface area contributed by atoms with Crippen molar-refractivity contribution in [2.24, 2.45) is 0 Å². The van der Waals surface area contributed by atoms with Gasteiger partial charge in [0.15, 0.2) is 5.11 Å². The molecular weight excluding hydrogens is 250 g/mol. The Morgan fingerprint density at radius 2 is 2.18 bits per heavy atom. The first-order valence-corrected chi connectivity index (χ1v) is 7.38. The monoisotopic (exact) mass is 269 g/mol. The van der Waals surface area contributed by atoms with E-state index in [1.165, 1.54) is 0 Å². The predicted octanol–water partition coefficient (Wildman–Crippen LogP) is 2.19. The van der Waals surface area contributed by atoms with Gasteiger partial charge in [0.25, 0.3) is 0 Å². The Balaban J connectivity index is 1.99. The van der Waals surface area contributed by atoms with E-state index in [9.17, 15) is 0 Å². The summed E-state index contributed by atoms with van der Waals surface area (Å²) in [6, 6.07) is 6.01. The Morgan fingerprint density at radius 3 is 2.88 bits per heavy atom. The maximum absolute atomic E-state index is 5.12. The van der Waals surface area contributed by atoms with Gasteiger partial charge < -0.3 is 10.6 Å². The lowest BCUT2D eigenvalue weighted by Gasteiger charge is -2.09. The van der Waals surface area contributed by atoms with Crippen molar-refractivity contribution in [1.82, 2.24) is 15.6 Å². The first kappa shape index (κ1) is 14.3. The van der Waals surface area contributed by atoms with Crippen LogP contribution in [0.2, 0.25) is 0 Å². The van der Waals surface area contributed by atoms with E-state index in [1.807, 2.05) is 36.2 Å². The maximum atomic E-state index is 5.12. The minimum Gasteiger partial charge on any atom is -0.363 e. The molecule has 0 fully saturated rings. The van der Waals surface area contributed by atoms with Crippen LogP contribution in [0.25, 0.3) is 0 Å². The summed E-state index contributed by atoms with van der Waals surface area (Å²) in [6.07, 6.45) is 2.92. The highest BCUT2D eigenvalue weighted by molar-refractivity contribution is 7.98. The fraction of sp³-hybridized carbons (Fsp3) is 0.500. The number of nitrogens with zero attached hydrogens (tertiary/aromatic N) is 1. The van der Waals surface area contributed by atoms with Crippen molar-refractivity contribution >= 4 is 29.1 Å². The first-order valence-electron chi connectivity index (χ1n) is 5.82. The number of pyridine rings is 1. The summed E-state index contributed by atoms with van der Waals surface area (Å²) < 4.78 is 0. The van der Waals surface area contributed by atoms with Crippen molar-refractivity contribution in [2.75, 3.05) is 18.8 Å². The molecule has 0 saturated heterocycles. The van der Waals surface area contributed by atoms with Gasteiger partial charge in [0.2, 0.25) is 0 Å². The second kappa shape index (κ2) is 9.24. The summed E-state index contributed by atoms with van der Waals surface area (Å²) in [5.41, 5.74) is 1.13. The third kappa shape index (κ3) is 7.18. The fourth-order valence-corrected chi connectivity index (χ4v) is 2.17. The molecule has 1 aromatic rings. The zero-order valence-electron chi connectivity index (χ0n) is 10.1. The minimum absolute atomic E-state index is 0.755. The van der Waals surface area contributed by atoms with Gasteiger partial charge in [-0.2, -0.15) is 11.8 Å². The van der Waals surface area contributed by atoms with Crippen LogP contribution in [0.5, 0.6) is 0 Å². The van der Waals surface area contributed by atoms with Gasteiger partial charge in [-0.3, -0.25) is 4.98 Å². The molecule has 0 saturated carbocycles. The first-order chi connectivity index (χ1) is 8.33. The van der Waals surface area contributed by atoms with Crippen LogP contribution in [0.3, 0.4) is 0 Å². The molecule has 5 heteroatoms. The molecule has 0 unspecified atom stereocenters. The zero-order chi connectivity index (χ0) is 12.3. The molecule has 0 spiro atoms. The van der Waals surface area contributed by atoms with Crippen molar-refractivity contribution in [2.45, 2.75) is 19.1 Å². The summed E-state index contributed by atoms with van der Waals surface area (Å²) >= 11 is 6.98. The normalized spacial score (nSPS) is 9.94. The number of nitrogens with one attached hydrogen (secondary N) is 2. The second-order valence-corrected chi connectivity index (χ2v) is 5.07. The molecule has 0 aromatic carbocycles. The number of hydrogen-bond acceptors (Lipinski definition) is 3. The lowest BCUT2D eigenvalue weighted by atomic mass is 10.4. The number of thioether (sulfide) groups is 1. The van der Waals surface area contributed by atoms with Crippen LogP contribution in [-0.2, 0) is 5.75 Å². The topological polar surface area (TPSA) is 37.0 Å². The van der Waals surface area contributed by atoms with Crippen LogP contribution < -0.4 is 10.6 Å². The zero-order valence-corrected chi connectivity index (χ0v) is 11.7.